The summed E-state index contributed by atoms with van der Waals surface area (Å²) in [6, 6.07) is 0. The van der Waals surface area contributed by atoms with Gasteiger partial charge in [-0.15, -0.1) is 0 Å². The van der Waals surface area contributed by atoms with Crippen LogP contribution in [0.3, 0.4) is 0 Å². The van der Waals surface area contributed by atoms with Crippen molar-refractivity contribution in [2.24, 2.45) is 52.6 Å². The normalized spacial score (nSPS) is 59.5. The molecule has 1 spiro atoms. The molecular weight excluding hydrogens is 206 g/mol. The molecule has 96 valence electrons. The quantitative estimate of drug-likeness (QED) is 0.775. The van der Waals surface area contributed by atoms with Gasteiger partial charge in [0.25, 0.3) is 0 Å². The van der Waals surface area contributed by atoms with Gasteiger partial charge in [-0.05, 0) is 79.1 Å². The topological polar surface area (TPSA) is 26.0 Å². The molecule has 4 aliphatic rings. The Labute approximate surface area is 106 Å². The highest BCUT2D eigenvalue weighted by atomic mass is 14.9. The number of hydrogen-bond donors (Lipinski definition) is 1. The number of fused-ring (bicyclic) bond motifs is 1. The van der Waals surface area contributed by atoms with Crippen molar-refractivity contribution >= 4 is 0 Å². The molecule has 2 N–H and O–H groups in total. The Bertz CT molecular complexity index is 338. The third kappa shape index (κ3) is 1.20. The molecule has 0 saturated heterocycles. The maximum atomic E-state index is 5.87. The van der Waals surface area contributed by atoms with Crippen LogP contribution >= 0.6 is 0 Å². The summed E-state index contributed by atoms with van der Waals surface area (Å²) in [5.74, 6) is 7.54. The highest BCUT2D eigenvalue weighted by molar-refractivity contribution is 5.30. The van der Waals surface area contributed by atoms with Gasteiger partial charge in [-0.2, -0.15) is 0 Å². The summed E-state index contributed by atoms with van der Waals surface area (Å²) in [7, 11) is 0. The molecule has 0 amide bonds. The first-order valence-electron chi connectivity index (χ1n) is 7.92. The van der Waals surface area contributed by atoms with Crippen molar-refractivity contribution in [3.05, 3.63) is 0 Å². The van der Waals surface area contributed by atoms with Gasteiger partial charge >= 0.3 is 0 Å². The Morgan fingerprint density at radius 3 is 2.76 bits per heavy atom. The van der Waals surface area contributed by atoms with E-state index in [2.05, 4.69) is 13.8 Å². The summed E-state index contributed by atoms with van der Waals surface area (Å²) in [6.07, 6.45) is 7.56. The van der Waals surface area contributed by atoms with Gasteiger partial charge in [0, 0.05) is 0 Å². The Morgan fingerprint density at radius 2 is 2.12 bits per heavy atom. The summed E-state index contributed by atoms with van der Waals surface area (Å²) in [6.45, 7) is 5.78. The van der Waals surface area contributed by atoms with Gasteiger partial charge in [0.1, 0.15) is 0 Å². The first-order chi connectivity index (χ1) is 8.22. The number of nitrogens with two attached hydrogens (primary N) is 1. The van der Waals surface area contributed by atoms with Crippen molar-refractivity contribution < 1.29 is 0 Å². The smallest absolute Gasteiger partial charge is 0.00432 e. The summed E-state index contributed by atoms with van der Waals surface area (Å²) in [4.78, 5) is 0. The fourth-order valence-electron chi connectivity index (χ4n) is 6.00. The molecule has 0 aliphatic heterocycles. The summed E-state index contributed by atoms with van der Waals surface area (Å²) < 4.78 is 0. The van der Waals surface area contributed by atoms with Crippen molar-refractivity contribution in [2.75, 3.05) is 6.54 Å². The predicted molar refractivity (Wildman–Crippen MR) is 70.4 cm³/mol. The van der Waals surface area contributed by atoms with Gasteiger partial charge in [0.05, 0.1) is 0 Å². The minimum atomic E-state index is 0.834. The first-order valence-corrected chi connectivity index (χ1v) is 7.92. The number of hydrogen-bond acceptors (Lipinski definition) is 1. The van der Waals surface area contributed by atoms with E-state index in [9.17, 15) is 0 Å². The SMILES string of the molecule is CCC(C)C1CC1CC1CC23C(CN)CC2C13. The first kappa shape index (κ1) is 10.8. The molecule has 0 heterocycles. The lowest BCUT2D eigenvalue weighted by Gasteiger charge is -2.43. The zero-order valence-corrected chi connectivity index (χ0v) is 11.4. The molecule has 0 aromatic heterocycles. The molecule has 0 bridgehead atoms. The molecule has 4 fully saturated rings. The van der Waals surface area contributed by atoms with Gasteiger partial charge in [0.2, 0.25) is 0 Å². The molecule has 1 heteroatoms. The molecule has 4 saturated carbocycles. The third-order valence-corrected chi connectivity index (χ3v) is 7.30. The van der Waals surface area contributed by atoms with E-state index in [0.29, 0.717) is 0 Å². The lowest BCUT2D eigenvalue weighted by Crippen LogP contribution is -2.40. The van der Waals surface area contributed by atoms with Gasteiger partial charge in [-0.1, -0.05) is 20.3 Å². The molecule has 1 nitrogen and oxygen atoms in total. The largest absolute Gasteiger partial charge is 0.330 e. The van der Waals surface area contributed by atoms with Crippen molar-refractivity contribution in [3.8, 4) is 0 Å². The maximum absolute atomic E-state index is 5.87. The monoisotopic (exact) mass is 233 g/mol. The van der Waals surface area contributed by atoms with Crippen molar-refractivity contribution in [3.63, 3.8) is 0 Å². The second kappa shape index (κ2) is 3.29. The van der Waals surface area contributed by atoms with Crippen LogP contribution in [0.25, 0.3) is 0 Å². The van der Waals surface area contributed by atoms with E-state index in [0.717, 1.165) is 53.4 Å². The summed E-state index contributed by atoms with van der Waals surface area (Å²) in [5.41, 5.74) is 6.70. The molecule has 8 atom stereocenters. The van der Waals surface area contributed by atoms with E-state index >= 15 is 0 Å². The van der Waals surface area contributed by atoms with Crippen LogP contribution in [0, 0.1) is 46.8 Å². The third-order valence-electron chi connectivity index (χ3n) is 7.30. The molecule has 4 rings (SSSR count). The van der Waals surface area contributed by atoms with Gasteiger partial charge in [0.15, 0.2) is 0 Å². The predicted octanol–water partition coefficient (Wildman–Crippen LogP) is 3.29. The average Bonchev–Trinajstić information content (AvgIpc) is 3.13. The van der Waals surface area contributed by atoms with Gasteiger partial charge in [-0.3, -0.25) is 0 Å². The van der Waals surface area contributed by atoms with E-state index in [-0.39, 0.29) is 0 Å². The molecule has 0 aromatic carbocycles. The van der Waals surface area contributed by atoms with Crippen LogP contribution in [0.1, 0.15) is 46.0 Å². The second-order valence-corrected chi connectivity index (χ2v) is 7.66. The van der Waals surface area contributed by atoms with Crippen LogP contribution in [0.15, 0.2) is 0 Å². The minimum Gasteiger partial charge on any atom is -0.330 e. The van der Waals surface area contributed by atoms with Crippen LogP contribution in [0.2, 0.25) is 0 Å². The van der Waals surface area contributed by atoms with Crippen LogP contribution in [-0.2, 0) is 0 Å². The van der Waals surface area contributed by atoms with Gasteiger partial charge in [-0.25, -0.2) is 0 Å². The fraction of sp³-hybridized carbons (Fsp3) is 1.00. The van der Waals surface area contributed by atoms with Crippen molar-refractivity contribution in [1.82, 2.24) is 0 Å². The van der Waals surface area contributed by atoms with E-state index in [1.54, 1.807) is 19.3 Å². The molecule has 0 radical (unpaired) electrons. The lowest BCUT2D eigenvalue weighted by molar-refractivity contribution is 0.0603. The molecule has 4 aliphatic carbocycles. The van der Waals surface area contributed by atoms with E-state index in [1.165, 1.54) is 12.8 Å². The molecule has 8 unspecified atom stereocenters. The molecule has 17 heavy (non-hydrogen) atoms. The van der Waals surface area contributed by atoms with Crippen molar-refractivity contribution in [1.29, 1.82) is 0 Å². The number of rotatable bonds is 5. The Morgan fingerprint density at radius 1 is 1.29 bits per heavy atom. The maximum Gasteiger partial charge on any atom is -0.00432 e. The average molecular weight is 233 g/mol. The molecule has 0 aromatic rings. The zero-order valence-electron chi connectivity index (χ0n) is 11.4. The second-order valence-electron chi connectivity index (χ2n) is 7.66. The highest BCUT2D eigenvalue weighted by Gasteiger charge is 2.82. The van der Waals surface area contributed by atoms with Crippen LogP contribution < -0.4 is 5.73 Å². The van der Waals surface area contributed by atoms with Gasteiger partial charge < -0.3 is 5.73 Å². The van der Waals surface area contributed by atoms with E-state index in [1.807, 2.05) is 0 Å². The Hall–Kier alpha value is -0.0400. The highest BCUT2D eigenvalue weighted by Crippen LogP contribution is 2.87. The minimum absolute atomic E-state index is 0.834. The Kier molecular flexibility index (Phi) is 2.10. The van der Waals surface area contributed by atoms with E-state index in [4.69, 9.17) is 5.73 Å². The van der Waals surface area contributed by atoms with Crippen molar-refractivity contribution in [2.45, 2.75) is 46.0 Å². The Balaban J connectivity index is 1.29. The zero-order chi connectivity index (χ0) is 11.8. The van der Waals surface area contributed by atoms with Crippen LogP contribution in [-0.4, -0.2) is 6.54 Å². The van der Waals surface area contributed by atoms with E-state index < -0.39 is 0 Å². The van der Waals surface area contributed by atoms with Crippen LogP contribution in [0.5, 0.6) is 0 Å². The lowest BCUT2D eigenvalue weighted by atomic mass is 9.62. The fourth-order valence-corrected chi connectivity index (χ4v) is 6.00. The molecular formula is C16H27N. The standard InChI is InChI=1S/C16H27N/c1-3-9(2)13-5-10(13)4-11-7-16-12(8-17)6-14(16)15(11)16/h9-15H,3-8,17H2,1-2H3. The summed E-state index contributed by atoms with van der Waals surface area (Å²) >= 11 is 0. The summed E-state index contributed by atoms with van der Waals surface area (Å²) in [5, 5.41) is 0. The van der Waals surface area contributed by atoms with Crippen LogP contribution in [0.4, 0.5) is 0 Å².